The van der Waals surface area contributed by atoms with Gasteiger partial charge in [0.25, 0.3) is 0 Å². The van der Waals surface area contributed by atoms with Gasteiger partial charge in [0.1, 0.15) is 12.1 Å². The first kappa shape index (κ1) is 20.3. The Morgan fingerprint density at radius 1 is 1.00 bits per heavy atom. The van der Waals surface area contributed by atoms with Crippen LogP contribution in [0.4, 0.5) is 36.6 Å². The molecule has 1 saturated heterocycles. The average Bonchev–Trinajstić information content (AvgIpc) is 3.43. The van der Waals surface area contributed by atoms with Crippen LogP contribution in [0, 0.1) is 36.2 Å². The molecule has 1 unspecified atom stereocenters. The Bertz CT molecular complexity index is 1200. The summed E-state index contributed by atoms with van der Waals surface area (Å²) in [6.07, 6.45) is 3.83. The van der Waals surface area contributed by atoms with Gasteiger partial charge in [-0.3, -0.25) is 0 Å². The zero-order valence-corrected chi connectivity index (χ0v) is 18.0. The predicted molar refractivity (Wildman–Crippen MR) is 116 cm³/mol. The van der Waals surface area contributed by atoms with E-state index in [9.17, 15) is 13.2 Å². The van der Waals surface area contributed by atoms with E-state index in [1.807, 2.05) is 13.0 Å². The number of benzene rings is 1. The van der Waals surface area contributed by atoms with E-state index in [2.05, 4.69) is 30.3 Å². The summed E-state index contributed by atoms with van der Waals surface area (Å²) in [5.41, 5.74) is 0.909. The molecule has 4 heterocycles. The summed E-state index contributed by atoms with van der Waals surface area (Å²) in [4.78, 5) is 17.1. The minimum absolute atomic E-state index is 0.0416. The number of aromatic nitrogens is 5. The molecule has 0 amide bonds. The molecule has 3 aromatic rings. The number of hydrogen-bond donors (Lipinski definition) is 1. The zero-order valence-electron chi connectivity index (χ0n) is 18.0. The molecule has 3 aliphatic rings. The van der Waals surface area contributed by atoms with Gasteiger partial charge in [-0.25, -0.2) is 27.8 Å². The Kier molecular flexibility index (Phi) is 4.66. The van der Waals surface area contributed by atoms with Crippen LogP contribution in [0.5, 0.6) is 0 Å². The van der Waals surface area contributed by atoms with E-state index in [4.69, 9.17) is 0 Å². The molecule has 1 saturated carbocycles. The Morgan fingerprint density at radius 2 is 1.79 bits per heavy atom. The number of piperidine rings is 1. The van der Waals surface area contributed by atoms with Crippen molar-refractivity contribution in [3.8, 4) is 0 Å². The van der Waals surface area contributed by atoms with Gasteiger partial charge in [0.05, 0.1) is 12.2 Å². The third kappa shape index (κ3) is 3.37. The van der Waals surface area contributed by atoms with E-state index >= 15 is 0 Å². The van der Waals surface area contributed by atoms with E-state index in [-0.39, 0.29) is 11.7 Å². The molecular weight excluding hydrogens is 433 g/mol. The standard InChI is InChI=1S/C22H23F3N8/c1-12-8-17(27-11-26-12)31-9-13-2-3-14(10-31)20(13)28-21-29-22-32(6-7-33(22)30-21)16-5-4-15(23)18(24)19(16)25/h4-5,8,11,13-14,20H,2-3,6-7,9-10H2,1H3,(H,28,30)/t13-,14?,20-/m0/s1. The largest absolute Gasteiger partial charge is 0.356 e. The first-order valence-electron chi connectivity index (χ1n) is 11.1. The molecule has 1 aliphatic carbocycles. The molecular formula is C22H23F3N8. The van der Waals surface area contributed by atoms with Crippen molar-refractivity contribution in [1.82, 2.24) is 24.7 Å². The van der Waals surface area contributed by atoms with Crippen molar-refractivity contribution in [3.63, 3.8) is 0 Å². The minimum atomic E-state index is -1.48. The summed E-state index contributed by atoms with van der Waals surface area (Å²) < 4.78 is 43.1. The van der Waals surface area contributed by atoms with Gasteiger partial charge in [-0.2, -0.15) is 4.98 Å². The van der Waals surface area contributed by atoms with Crippen LogP contribution in [0.1, 0.15) is 18.5 Å². The van der Waals surface area contributed by atoms with Gasteiger partial charge in [0, 0.05) is 37.4 Å². The molecule has 1 aromatic carbocycles. The number of halogens is 3. The first-order valence-corrected chi connectivity index (χ1v) is 11.1. The average molecular weight is 456 g/mol. The Labute approximate surface area is 188 Å². The molecule has 0 radical (unpaired) electrons. The van der Waals surface area contributed by atoms with Crippen molar-refractivity contribution in [2.24, 2.45) is 11.8 Å². The fourth-order valence-corrected chi connectivity index (χ4v) is 5.40. The highest BCUT2D eigenvalue weighted by atomic mass is 19.2. The maximum atomic E-state index is 14.4. The van der Waals surface area contributed by atoms with Crippen LogP contribution in [0.15, 0.2) is 24.5 Å². The van der Waals surface area contributed by atoms with Crippen molar-refractivity contribution in [3.05, 3.63) is 47.7 Å². The van der Waals surface area contributed by atoms with Crippen molar-refractivity contribution in [2.45, 2.75) is 32.4 Å². The van der Waals surface area contributed by atoms with E-state index in [0.29, 0.717) is 36.8 Å². The number of nitrogens with one attached hydrogen (secondary N) is 1. The highest BCUT2D eigenvalue weighted by Gasteiger charge is 2.43. The lowest BCUT2D eigenvalue weighted by atomic mass is 9.92. The fraction of sp³-hybridized carbons (Fsp3) is 0.455. The van der Waals surface area contributed by atoms with Crippen LogP contribution in [-0.2, 0) is 6.54 Å². The second-order valence-electron chi connectivity index (χ2n) is 8.99. The molecule has 1 N–H and O–H groups in total. The van der Waals surface area contributed by atoms with Gasteiger partial charge in [-0.1, -0.05) is 0 Å². The molecule has 2 fully saturated rings. The summed E-state index contributed by atoms with van der Waals surface area (Å²) in [5, 5.41) is 8.05. The topological polar surface area (TPSA) is 75.0 Å². The number of nitrogens with zero attached hydrogens (tertiary/aromatic N) is 7. The number of anilines is 4. The van der Waals surface area contributed by atoms with E-state index < -0.39 is 17.5 Å². The van der Waals surface area contributed by atoms with Gasteiger partial charge in [-0.15, -0.1) is 5.10 Å². The van der Waals surface area contributed by atoms with Gasteiger partial charge < -0.3 is 15.1 Å². The summed E-state index contributed by atoms with van der Waals surface area (Å²) in [6, 6.07) is 4.41. The maximum Gasteiger partial charge on any atom is 0.244 e. The highest BCUT2D eigenvalue weighted by Crippen LogP contribution is 2.40. The number of aryl methyl sites for hydroxylation is 1. The summed E-state index contributed by atoms with van der Waals surface area (Å²) in [5.74, 6) is -1.19. The molecule has 0 spiro atoms. The predicted octanol–water partition coefficient (Wildman–Crippen LogP) is 3.27. The minimum Gasteiger partial charge on any atom is -0.356 e. The molecule has 11 heteroatoms. The number of fused-ring (bicyclic) bond motifs is 3. The lowest BCUT2D eigenvalue weighted by molar-refractivity contribution is 0.374. The molecule has 172 valence electrons. The van der Waals surface area contributed by atoms with Crippen LogP contribution < -0.4 is 15.1 Å². The summed E-state index contributed by atoms with van der Waals surface area (Å²) in [7, 11) is 0. The van der Waals surface area contributed by atoms with Crippen LogP contribution in [-0.4, -0.2) is 50.4 Å². The molecule has 6 rings (SSSR count). The summed E-state index contributed by atoms with van der Waals surface area (Å²) in [6.45, 7) is 4.63. The molecule has 2 bridgehead atoms. The Morgan fingerprint density at radius 3 is 2.55 bits per heavy atom. The van der Waals surface area contributed by atoms with Gasteiger partial charge in [0.15, 0.2) is 17.5 Å². The molecule has 2 aliphatic heterocycles. The second-order valence-corrected chi connectivity index (χ2v) is 8.99. The van der Waals surface area contributed by atoms with Gasteiger partial charge in [0.2, 0.25) is 11.9 Å². The normalized spacial score (nSPS) is 23.8. The van der Waals surface area contributed by atoms with E-state index in [1.165, 1.54) is 11.0 Å². The monoisotopic (exact) mass is 456 g/mol. The Hall–Kier alpha value is -3.37. The quantitative estimate of drug-likeness (QED) is 0.604. The van der Waals surface area contributed by atoms with Crippen LogP contribution in [0.2, 0.25) is 0 Å². The Balaban J connectivity index is 1.20. The van der Waals surface area contributed by atoms with Crippen LogP contribution >= 0.6 is 0 Å². The van der Waals surface area contributed by atoms with E-state index in [0.717, 1.165) is 43.5 Å². The number of rotatable bonds is 4. The smallest absolute Gasteiger partial charge is 0.244 e. The SMILES string of the molecule is Cc1cc(N2CC3CC[C@@H](C2)[C@@H]3Nc2nc3n(n2)CCN3c2ccc(F)c(F)c2F)ncn1. The molecule has 3 atom stereocenters. The lowest BCUT2D eigenvalue weighted by Crippen LogP contribution is -2.48. The second kappa shape index (κ2) is 7.60. The fourth-order valence-electron chi connectivity index (χ4n) is 5.40. The lowest BCUT2D eigenvalue weighted by Gasteiger charge is -2.38. The van der Waals surface area contributed by atoms with E-state index in [1.54, 1.807) is 11.0 Å². The third-order valence-electron chi connectivity index (χ3n) is 6.98. The van der Waals surface area contributed by atoms with Gasteiger partial charge >= 0.3 is 0 Å². The van der Waals surface area contributed by atoms with Crippen molar-refractivity contribution >= 4 is 23.4 Å². The van der Waals surface area contributed by atoms with Crippen molar-refractivity contribution < 1.29 is 13.2 Å². The van der Waals surface area contributed by atoms with Crippen molar-refractivity contribution in [1.29, 1.82) is 0 Å². The highest BCUT2D eigenvalue weighted by molar-refractivity contribution is 5.61. The first-order chi connectivity index (χ1) is 16.0. The zero-order chi connectivity index (χ0) is 22.7. The van der Waals surface area contributed by atoms with Crippen LogP contribution in [0.25, 0.3) is 0 Å². The molecule has 33 heavy (non-hydrogen) atoms. The van der Waals surface area contributed by atoms with Crippen molar-refractivity contribution in [2.75, 3.05) is 34.8 Å². The van der Waals surface area contributed by atoms with Gasteiger partial charge in [-0.05, 0) is 43.7 Å². The molecule has 8 nitrogen and oxygen atoms in total. The molecule has 2 aromatic heterocycles. The maximum absolute atomic E-state index is 14.4. The third-order valence-corrected chi connectivity index (χ3v) is 6.98. The van der Waals surface area contributed by atoms with Crippen LogP contribution in [0.3, 0.4) is 0 Å². The summed E-state index contributed by atoms with van der Waals surface area (Å²) >= 11 is 0. The number of hydrogen-bond acceptors (Lipinski definition) is 7.